The van der Waals surface area contributed by atoms with Crippen LogP contribution in [-0.4, -0.2) is 19.0 Å². The maximum atomic E-state index is 11.7. The van der Waals surface area contributed by atoms with Gasteiger partial charge in [-0.2, -0.15) is 0 Å². The molecular formula is C10H18O2. The van der Waals surface area contributed by atoms with Crippen LogP contribution in [0.4, 0.5) is 0 Å². The Kier molecular flexibility index (Phi) is 2.89. The standard InChI is InChI=1S/C10H18O2/c1-10(2,3)9(11)8-5-4-6-12-7-8/h8H,4-7H2,1-3H3/t8-/m0/s1. The van der Waals surface area contributed by atoms with Crippen molar-refractivity contribution in [2.24, 2.45) is 11.3 Å². The summed E-state index contributed by atoms with van der Waals surface area (Å²) in [6, 6.07) is 0. The van der Waals surface area contributed by atoms with Crippen LogP contribution in [0.15, 0.2) is 0 Å². The average Bonchev–Trinajstić information content (AvgIpc) is 2.03. The quantitative estimate of drug-likeness (QED) is 0.602. The minimum Gasteiger partial charge on any atom is -0.381 e. The number of rotatable bonds is 1. The summed E-state index contributed by atoms with van der Waals surface area (Å²) in [6.07, 6.45) is 2.04. The van der Waals surface area contributed by atoms with Gasteiger partial charge >= 0.3 is 0 Å². The largest absolute Gasteiger partial charge is 0.381 e. The Morgan fingerprint density at radius 1 is 1.42 bits per heavy atom. The molecular weight excluding hydrogens is 152 g/mol. The van der Waals surface area contributed by atoms with Crippen LogP contribution in [0.5, 0.6) is 0 Å². The molecule has 1 fully saturated rings. The molecule has 70 valence electrons. The number of Topliss-reactive ketones (excluding diaryl/α,β-unsaturated/α-hetero) is 1. The van der Waals surface area contributed by atoms with Crippen molar-refractivity contribution in [2.45, 2.75) is 33.6 Å². The lowest BCUT2D eigenvalue weighted by Gasteiger charge is -2.27. The van der Waals surface area contributed by atoms with E-state index >= 15 is 0 Å². The first-order valence-corrected chi connectivity index (χ1v) is 4.64. The third-order valence-corrected chi connectivity index (χ3v) is 2.27. The first-order valence-electron chi connectivity index (χ1n) is 4.64. The Morgan fingerprint density at radius 2 is 2.08 bits per heavy atom. The van der Waals surface area contributed by atoms with Gasteiger partial charge in [0, 0.05) is 17.9 Å². The van der Waals surface area contributed by atoms with Crippen molar-refractivity contribution in [3.63, 3.8) is 0 Å². The molecule has 1 rings (SSSR count). The van der Waals surface area contributed by atoms with Crippen LogP contribution in [-0.2, 0) is 9.53 Å². The highest BCUT2D eigenvalue weighted by atomic mass is 16.5. The van der Waals surface area contributed by atoms with Gasteiger partial charge in [0.15, 0.2) is 0 Å². The Hall–Kier alpha value is -0.370. The molecule has 0 bridgehead atoms. The number of ether oxygens (including phenoxy) is 1. The van der Waals surface area contributed by atoms with E-state index in [9.17, 15) is 4.79 Å². The second-order valence-corrected chi connectivity index (χ2v) is 4.53. The summed E-state index contributed by atoms with van der Waals surface area (Å²) in [6.45, 7) is 7.39. The second kappa shape index (κ2) is 3.56. The maximum absolute atomic E-state index is 11.7. The molecule has 0 aliphatic carbocycles. The lowest BCUT2D eigenvalue weighted by molar-refractivity contribution is -0.134. The third-order valence-electron chi connectivity index (χ3n) is 2.27. The van der Waals surface area contributed by atoms with E-state index in [2.05, 4.69) is 0 Å². The molecule has 0 aromatic rings. The molecule has 0 amide bonds. The molecule has 0 radical (unpaired) electrons. The monoisotopic (exact) mass is 170 g/mol. The van der Waals surface area contributed by atoms with Gasteiger partial charge in [0.2, 0.25) is 0 Å². The van der Waals surface area contributed by atoms with Gasteiger partial charge in [-0.15, -0.1) is 0 Å². The van der Waals surface area contributed by atoms with Crippen molar-refractivity contribution < 1.29 is 9.53 Å². The molecule has 0 N–H and O–H groups in total. The Labute approximate surface area is 74.3 Å². The van der Waals surface area contributed by atoms with E-state index < -0.39 is 0 Å². The van der Waals surface area contributed by atoms with Crippen molar-refractivity contribution in [3.05, 3.63) is 0 Å². The minimum atomic E-state index is -0.203. The third kappa shape index (κ3) is 2.31. The van der Waals surface area contributed by atoms with E-state index in [4.69, 9.17) is 4.74 Å². The van der Waals surface area contributed by atoms with Crippen molar-refractivity contribution >= 4 is 5.78 Å². The van der Waals surface area contributed by atoms with Crippen molar-refractivity contribution in [3.8, 4) is 0 Å². The summed E-state index contributed by atoms with van der Waals surface area (Å²) in [7, 11) is 0. The SMILES string of the molecule is CC(C)(C)C(=O)[C@H]1CCCOC1. The van der Waals surface area contributed by atoms with Crippen LogP contribution >= 0.6 is 0 Å². The van der Waals surface area contributed by atoms with Crippen LogP contribution in [0.25, 0.3) is 0 Å². The molecule has 1 aliphatic rings. The van der Waals surface area contributed by atoms with E-state index in [1.165, 1.54) is 0 Å². The van der Waals surface area contributed by atoms with E-state index in [1.54, 1.807) is 0 Å². The Bertz CT molecular complexity index is 161. The number of ketones is 1. The zero-order chi connectivity index (χ0) is 9.19. The summed E-state index contributed by atoms with van der Waals surface area (Å²) >= 11 is 0. The highest BCUT2D eigenvalue weighted by Gasteiger charge is 2.30. The zero-order valence-corrected chi connectivity index (χ0v) is 8.22. The summed E-state index contributed by atoms with van der Waals surface area (Å²) in [5, 5.41) is 0. The Morgan fingerprint density at radius 3 is 2.50 bits per heavy atom. The zero-order valence-electron chi connectivity index (χ0n) is 8.22. The van der Waals surface area contributed by atoms with Crippen LogP contribution in [0, 0.1) is 11.3 Å². The van der Waals surface area contributed by atoms with E-state index in [1.807, 2.05) is 20.8 Å². The van der Waals surface area contributed by atoms with Crippen LogP contribution in [0.2, 0.25) is 0 Å². The van der Waals surface area contributed by atoms with Gasteiger partial charge in [0.25, 0.3) is 0 Å². The minimum absolute atomic E-state index is 0.152. The molecule has 0 aromatic carbocycles. The smallest absolute Gasteiger partial charge is 0.143 e. The molecule has 0 spiro atoms. The maximum Gasteiger partial charge on any atom is 0.143 e. The van der Waals surface area contributed by atoms with Crippen LogP contribution in [0.1, 0.15) is 33.6 Å². The van der Waals surface area contributed by atoms with Crippen molar-refractivity contribution in [1.29, 1.82) is 0 Å². The molecule has 1 aliphatic heterocycles. The first-order chi connectivity index (χ1) is 5.52. The Balaban J connectivity index is 2.51. The van der Waals surface area contributed by atoms with Crippen LogP contribution < -0.4 is 0 Å². The van der Waals surface area contributed by atoms with Crippen molar-refractivity contribution in [2.75, 3.05) is 13.2 Å². The second-order valence-electron chi connectivity index (χ2n) is 4.53. The molecule has 0 unspecified atom stereocenters. The summed E-state index contributed by atoms with van der Waals surface area (Å²) in [5.74, 6) is 0.501. The average molecular weight is 170 g/mol. The number of hydrogen-bond donors (Lipinski definition) is 0. The van der Waals surface area contributed by atoms with E-state index in [0.717, 1.165) is 19.4 Å². The molecule has 12 heavy (non-hydrogen) atoms. The van der Waals surface area contributed by atoms with Crippen LogP contribution in [0.3, 0.4) is 0 Å². The van der Waals surface area contributed by atoms with Gasteiger partial charge in [-0.1, -0.05) is 20.8 Å². The van der Waals surface area contributed by atoms with Crippen molar-refractivity contribution in [1.82, 2.24) is 0 Å². The van der Waals surface area contributed by atoms with Gasteiger partial charge in [-0.25, -0.2) is 0 Å². The molecule has 0 saturated carbocycles. The molecule has 1 atom stereocenters. The van der Waals surface area contributed by atoms with Gasteiger partial charge < -0.3 is 4.74 Å². The molecule has 2 nitrogen and oxygen atoms in total. The predicted molar refractivity (Wildman–Crippen MR) is 48.0 cm³/mol. The fourth-order valence-electron chi connectivity index (χ4n) is 1.56. The highest BCUT2D eigenvalue weighted by Crippen LogP contribution is 2.25. The van der Waals surface area contributed by atoms with Gasteiger partial charge in [0.05, 0.1) is 6.61 Å². The lowest BCUT2D eigenvalue weighted by Crippen LogP contribution is -2.33. The summed E-state index contributed by atoms with van der Waals surface area (Å²) in [4.78, 5) is 11.7. The lowest BCUT2D eigenvalue weighted by atomic mass is 9.81. The predicted octanol–water partition coefficient (Wildman–Crippen LogP) is 2.03. The van der Waals surface area contributed by atoms with Gasteiger partial charge in [-0.05, 0) is 12.8 Å². The fraction of sp³-hybridized carbons (Fsp3) is 0.900. The van der Waals surface area contributed by atoms with E-state index in [-0.39, 0.29) is 11.3 Å². The number of hydrogen-bond acceptors (Lipinski definition) is 2. The topological polar surface area (TPSA) is 26.3 Å². The number of carbonyl (C=O) groups excluding carboxylic acids is 1. The fourth-order valence-corrected chi connectivity index (χ4v) is 1.56. The molecule has 1 heterocycles. The molecule has 0 aromatic heterocycles. The van der Waals surface area contributed by atoms with Gasteiger partial charge in [-0.3, -0.25) is 4.79 Å². The van der Waals surface area contributed by atoms with Gasteiger partial charge in [0.1, 0.15) is 5.78 Å². The molecule has 2 heteroatoms. The molecule has 1 saturated heterocycles. The van der Waals surface area contributed by atoms with E-state index in [0.29, 0.717) is 12.4 Å². The summed E-state index contributed by atoms with van der Waals surface area (Å²) in [5.41, 5.74) is -0.203. The first kappa shape index (κ1) is 9.72. The summed E-state index contributed by atoms with van der Waals surface area (Å²) < 4.78 is 5.28. The normalized spacial score (nSPS) is 25.4. The number of carbonyl (C=O) groups is 1. The highest BCUT2D eigenvalue weighted by molar-refractivity contribution is 5.86.